The minimum atomic E-state index is -0.940. The third kappa shape index (κ3) is 5.45. The normalized spacial score (nSPS) is 21.7. The van der Waals surface area contributed by atoms with Gasteiger partial charge in [-0.25, -0.2) is 4.98 Å². The number of benzene rings is 1. The van der Waals surface area contributed by atoms with Gasteiger partial charge >= 0.3 is 0 Å². The molecule has 5 rings (SSSR count). The number of ether oxygens (including phenoxy) is 3. The molecule has 10 heteroatoms. The van der Waals surface area contributed by atoms with Gasteiger partial charge < -0.3 is 19.1 Å². The molecule has 1 aromatic carbocycles. The van der Waals surface area contributed by atoms with E-state index in [1.54, 1.807) is 12.0 Å². The lowest BCUT2D eigenvalue weighted by molar-refractivity contribution is -0.137. The molecule has 9 nitrogen and oxygen atoms in total. The van der Waals surface area contributed by atoms with E-state index in [1.807, 2.05) is 55.4 Å². The summed E-state index contributed by atoms with van der Waals surface area (Å²) in [6.07, 6.45) is 6.27. The van der Waals surface area contributed by atoms with Crippen LogP contribution < -0.4 is 0 Å². The highest BCUT2D eigenvalue weighted by Crippen LogP contribution is 2.45. The molecular weight excluding hydrogens is 504 g/mol. The summed E-state index contributed by atoms with van der Waals surface area (Å²) in [4.78, 5) is 35.9. The minimum absolute atomic E-state index is 0.00449. The third-order valence-electron chi connectivity index (χ3n) is 7.13. The van der Waals surface area contributed by atoms with E-state index >= 15 is 0 Å². The second-order valence-electron chi connectivity index (χ2n) is 11.3. The second kappa shape index (κ2) is 10.6. The van der Waals surface area contributed by atoms with Crippen molar-refractivity contribution < 1.29 is 23.8 Å². The molecule has 3 aromatic rings. The van der Waals surface area contributed by atoms with Gasteiger partial charge in [-0.2, -0.15) is 0 Å². The molecule has 0 saturated carbocycles. The Labute approximate surface area is 227 Å². The van der Waals surface area contributed by atoms with Crippen molar-refractivity contribution in [1.82, 2.24) is 19.2 Å². The predicted molar refractivity (Wildman–Crippen MR) is 146 cm³/mol. The first-order chi connectivity index (χ1) is 18.1. The minimum Gasteiger partial charge on any atom is -0.385 e. The van der Waals surface area contributed by atoms with Gasteiger partial charge in [0.15, 0.2) is 4.96 Å². The smallest absolute Gasteiger partial charge is 0.279 e. The molecule has 0 N–H and O–H groups in total. The molecule has 206 valence electrons. The van der Waals surface area contributed by atoms with Crippen LogP contribution in [0.3, 0.4) is 0 Å². The number of hydrogen-bond donors (Lipinski definition) is 0. The van der Waals surface area contributed by atoms with Crippen molar-refractivity contribution in [1.29, 1.82) is 0 Å². The molecule has 2 aliphatic heterocycles. The number of methoxy groups -OCH3 is 1. The summed E-state index contributed by atoms with van der Waals surface area (Å²) < 4.78 is 19.3. The summed E-state index contributed by atoms with van der Waals surface area (Å²) in [7, 11) is 3.52. The number of rotatable bonds is 11. The van der Waals surface area contributed by atoms with Gasteiger partial charge in [0.25, 0.3) is 11.8 Å². The molecule has 38 heavy (non-hydrogen) atoms. The molecule has 2 unspecified atom stereocenters. The van der Waals surface area contributed by atoms with Crippen molar-refractivity contribution in [2.45, 2.75) is 76.9 Å². The number of hydrogen-bond acceptors (Lipinski definition) is 7. The number of nitrogens with zero attached hydrogens (tertiary/aromatic N) is 4. The lowest BCUT2D eigenvalue weighted by atomic mass is 10.1. The predicted octanol–water partition coefficient (Wildman–Crippen LogP) is 4.47. The van der Waals surface area contributed by atoms with E-state index in [2.05, 4.69) is 6.07 Å². The summed E-state index contributed by atoms with van der Waals surface area (Å²) in [6, 6.07) is 6.05. The number of carbonyl (C=O) groups excluding carboxylic acids is 2. The Balaban J connectivity index is 1.34. The molecule has 0 spiro atoms. The molecule has 0 radical (unpaired) electrons. The van der Waals surface area contributed by atoms with Crippen LogP contribution in [0.4, 0.5) is 0 Å². The van der Waals surface area contributed by atoms with Gasteiger partial charge in [-0.3, -0.25) is 18.9 Å². The molecule has 2 saturated heterocycles. The van der Waals surface area contributed by atoms with Crippen LogP contribution >= 0.6 is 11.3 Å². The lowest BCUT2D eigenvalue weighted by Gasteiger charge is -2.28. The largest absolute Gasteiger partial charge is 0.385 e. The molecular formula is C28H38N4O5S. The van der Waals surface area contributed by atoms with Gasteiger partial charge in [0.1, 0.15) is 4.88 Å². The third-order valence-corrected chi connectivity index (χ3v) is 8.10. The average Bonchev–Trinajstić information content (AvgIpc) is 3.39. The Morgan fingerprint density at radius 3 is 2.84 bits per heavy atom. The number of carbonyl (C=O) groups is 2. The fourth-order valence-corrected chi connectivity index (χ4v) is 6.26. The van der Waals surface area contributed by atoms with E-state index in [-0.39, 0.29) is 17.9 Å². The number of thiazole rings is 1. The zero-order valence-corrected chi connectivity index (χ0v) is 23.8. The van der Waals surface area contributed by atoms with Gasteiger partial charge in [0, 0.05) is 53.1 Å². The Morgan fingerprint density at radius 2 is 2.13 bits per heavy atom. The average molecular weight is 543 g/mol. The topological polar surface area (TPSA) is 85.4 Å². The first kappa shape index (κ1) is 27.1. The van der Waals surface area contributed by atoms with E-state index in [1.165, 1.54) is 11.3 Å². The molecule has 0 aliphatic carbocycles. The van der Waals surface area contributed by atoms with Crippen molar-refractivity contribution in [2.75, 3.05) is 33.9 Å². The standard InChI is InChI=1S/C28H38N4O5S/c1-27(2,3)37-28(16-20-9-8-14-36-20)25(34)32(28)17-19-10-11-21-22(15-19)31-18-23(38-26(31)29-21)24(33)30(4)12-6-7-13-35-5/h10-11,15,18,20H,6-9,12-14,16-17H2,1-5H3. The molecule has 2 aromatic heterocycles. The summed E-state index contributed by atoms with van der Waals surface area (Å²) in [5, 5.41) is 0. The maximum atomic E-state index is 13.2. The molecule has 2 atom stereocenters. The Hall–Kier alpha value is -2.53. The first-order valence-corrected chi connectivity index (χ1v) is 14.2. The summed E-state index contributed by atoms with van der Waals surface area (Å²) in [5.74, 6) is 0.00793. The van der Waals surface area contributed by atoms with Crippen LogP contribution in [0.25, 0.3) is 16.0 Å². The summed E-state index contributed by atoms with van der Waals surface area (Å²) >= 11 is 1.40. The van der Waals surface area contributed by atoms with E-state index in [0.29, 0.717) is 31.0 Å². The van der Waals surface area contributed by atoms with Gasteiger partial charge in [0.05, 0.1) is 22.7 Å². The van der Waals surface area contributed by atoms with Crippen LogP contribution in [0.5, 0.6) is 0 Å². The maximum Gasteiger partial charge on any atom is 0.279 e. The molecule has 2 fully saturated rings. The van der Waals surface area contributed by atoms with Gasteiger partial charge in [-0.15, -0.1) is 0 Å². The SMILES string of the molecule is COCCCCN(C)C(=O)c1cn2c(nc3ccc(CN4C(=O)C4(CC4CCCO4)OC(C)(C)C)cc32)s1. The van der Waals surface area contributed by atoms with Crippen LogP contribution in [-0.4, -0.2) is 82.3 Å². The van der Waals surface area contributed by atoms with Crippen LogP contribution in [0, 0.1) is 0 Å². The van der Waals surface area contributed by atoms with E-state index in [4.69, 9.17) is 19.2 Å². The quantitative estimate of drug-likeness (QED) is 0.263. The number of amides is 2. The van der Waals surface area contributed by atoms with Crippen LogP contribution in [-0.2, 0) is 25.5 Å². The number of fused-ring (bicyclic) bond motifs is 3. The molecule has 0 bridgehead atoms. The molecule has 2 aliphatic rings. The van der Waals surface area contributed by atoms with Crippen molar-refractivity contribution in [2.24, 2.45) is 0 Å². The number of unbranched alkanes of at least 4 members (excludes halogenated alkanes) is 1. The van der Waals surface area contributed by atoms with Crippen molar-refractivity contribution in [3.8, 4) is 0 Å². The van der Waals surface area contributed by atoms with Crippen molar-refractivity contribution >= 4 is 39.1 Å². The molecule has 4 heterocycles. The van der Waals surface area contributed by atoms with E-state index < -0.39 is 11.3 Å². The fourth-order valence-electron chi connectivity index (χ4n) is 5.27. The monoisotopic (exact) mass is 542 g/mol. The van der Waals surface area contributed by atoms with Crippen molar-refractivity contribution in [3.63, 3.8) is 0 Å². The second-order valence-corrected chi connectivity index (χ2v) is 12.3. The highest BCUT2D eigenvalue weighted by molar-refractivity contribution is 7.18. The molecule has 2 amide bonds. The zero-order chi connectivity index (χ0) is 27.1. The van der Waals surface area contributed by atoms with Gasteiger partial charge in [0.2, 0.25) is 5.72 Å². The van der Waals surface area contributed by atoms with Gasteiger partial charge in [-0.1, -0.05) is 17.4 Å². The number of aromatic nitrogens is 2. The van der Waals surface area contributed by atoms with Gasteiger partial charge in [-0.05, 0) is 64.2 Å². The maximum absolute atomic E-state index is 13.2. The Kier molecular flexibility index (Phi) is 7.52. The fraction of sp³-hybridized carbons (Fsp3) is 0.607. The Bertz CT molecular complexity index is 1320. The lowest BCUT2D eigenvalue weighted by Crippen LogP contribution is -2.36. The highest BCUT2D eigenvalue weighted by Gasteiger charge is 2.66. The van der Waals surface area contributed by atoms with E-state index in [0.717, 1.165) is 53.8 Å². The zero-order valence-electron chi connectivity index (χ0n) is 23.0. The van der Waals surface area contributed by atoms with Crippen LogP contribution in [0.15, 0.2) is 24.4 Å². The van der Waals surface area contributed by atoms with Crippen LogP contribution in [0.1, 0.15) is 68.1 Å². The van der Waals surface area contributed by atoms with E-state index in [9.17, 15) is 9.59 Å². The van der Waals surface area contributed by atoms with Crippen molar-refractivity contribution in [3.05, 3.63) is 34.8 Å². The van der Waals surface area contributed by atoms with Crippen LogP contribution in [0.2, 0.25) is 0 Å². The summed E-state index contributed by atoms with van der Waals surface area (Å²) in [5.41, 5.74) is 1.38. The Morgan fingerprint density at radius 1 is 1.32 bits per heavy atom. The number of imidazole rings is 1. The first-order valence-electron chi connectivity index (χ1n) is 13.4. The highest BCUT2D eigenvalue weighted by atomic mass is 32.1. The summed E-state index contributed by atoms with van der Waals surface area (Å²) in [6.45, 7) is 8.52.